The molecule has 0 radical (unpaired) electrons. The van der Waals surface area contributed by atoms with Gasteiger partial charge in [-0.1, -0.05) is 24.3 Å². The molecule has 0 spiro atoms. The second kappa shape index (κ2) is 9.33. The fourth-order valence-electron chi connectivity index (χ4n) is 3.68. The first-order valence-corrected chi connectivity index (χ1v) is 10.6. The summed E-state index contributed by atoms with van der Waals surface area (Å²) in [7, 11) is 0. The van der Waals surface area contributed by atoms with Gasteiger partial charge in [0.1, 0.15) is 12.3 Å². The van der Waals surface area contributed by atoms with Crippen LogP contribution in [0, 0.1) is 20.4 Å². The molecule has 0 aliphatic carbocycles. The Morgan fingerprint density at radius 2 is 1.73 bits per heavy atom. The van der Waals surface area contributed by atoms with Crippen LogP contribution in [0.1, 0.15) is 37.5 Å². The van der Waals surface area contributed by atoms with Gasteiger partial charge in [0.25, 0.3) is 5.91 Å². The zero-order chi connectivity index (χ0) is 24.3. The molecule has 1 fully saturated rings. The van der Waals surface area contributed by atoms with Gasteiger partial charge in [-0.25, -0.2) is 14.4 Å². The lowest BCUT2D eigenvalue weighted by atomic mass is 10.0. The summed E-state index contributed by atoms with van der Waals surface area (Å²) in [4.78, 5) is 43.7. The summed E-state index contributed by atoms with van der Waals surface area (Å²) in [5, 5.41) is 0. The molecule has 172 valence electrons. The number of amides is 3. The molecule has 0 bridgehead atoms. The number of rotatable bonds is 7. The van der Waals surface area contributed by atoms with E-state index in [2.05, 4.69) is 4.85 Å². The van der Waals surface area contributed by atoms with Crippen molar-refractivity contribution >= 4 is 29.3 Å². The van der Waals surface area contributed by atoms with Crippen molar-refractivity contribution in [2.45, 2.75) is 46.8 Å². The summed E-state index contributed by atoms with van der Waals surface area (Å²) in [6.07, 6.45) is 0. The zero-order valence-corrected chi connectivity index (χ0v) is 19.5. The second-order valence-electron chi connectivity index (χ2n) is 8.37. The van der Waals surface area contributed by atoms with Crippen LogP contribution in [0.4, 0.5) is 16.2 Å². The SMILES string of the molecule is [C-]#[N+]c1ccc(N2CC(=O)N(Cc3cc(C)c(OC(C)(C)C(=O)OCC)c(C)c3)C2=O)cc1. The zero-order valence-electron chi connectivity index (χ0n) is 19.5. The fourth-order valence-corrected chi connectivity index (χ4v) is 3.68. The second-order valence-corrected chi connectivity index (χ2v) is 8.37. The number of aryl methyl sites for hydroxylation is 2. The summed E-state index contributed by atoms with van der Waals surface area (Å²) >= 11 is 0. The van der Waals surface area contributed by atoms with Crippen LogP contribution in [0.25, 0.3) is 4.85 Å². The quantitative estimate of drug-likeness (QED) is 0.352. The number of hydrogen-bond acceptors (Lipinski definition) is 5. The van der Waals surface area contributed by atoms with E-state index in [9.17, 15) is 14.4 Å². The van der Waals surface area contributed by atoms with Crippen LogP contribution < -0.4 is 9.64 Å². The lowest BCUT2D eigenvalue weighted by Gasteiger charge is -2.26. The number of anilines is 1. The van der Waals surface area contributed by atoms with Crippen LogP contribution in [0.15, 0.2) is 36.4 Å². The Labute approximate surface area is 193 Å². The highest BCUT2D eigenvalue weighted by Crippen LogP contribution is 2.31. The van der Waals surface area contributed by atoms with Gasteiger partial charge < -0.3 is 9.47 Å². The number of benzene rings is 2. The van der Waals surface area contributed by atoms with E-state index in [-0.39, 0.29) is 25.6 Å². The molecule has 33 heavy (non-hydrogen) atoms. The number of imide groups is 1. The molecule has 1 aliphatic rings. The van der Waals surface area contributed by atoms with Crippen molar-refractivity contribution in [2.24, 2.45) is 0 Å². The molecule has 2 aromatic carbocycles. The minimum Gasteiger partial charge on any atom is -0.476 e. The van der Waals surface area contributed by atoms with Gasteiger partial charge in [0.15, 0.2) is 11.3 Å². The molecular weight excluding hydrogens is 422 g/mol. The van der Waals surface area contributed by atoms with Crippen molar-refractivity contribution in [1.29, 1.82) is 0 Å². The number of carbonyl (C=O) groups is 3. The van der Waals surface area contributed by atoms with Gasteiger partial charge in [-0.3, -0.25) is 14.6 Å². The fraction of sp³-hybridized carbons (Fsp3) is 0.360. The molecule has 2 aromatic rings. The number of nitrogens with zero attached hydrogens (tertiary/aromatic N) is 3. The van der Waals surface area contributed by atoms with E-state index in [0.717, 1.165) is 16.7 Å². The van der Waals surface area contributed by atoms with Crippen molar-refractivity contribution in [1.82, 2.24) is 4.90 Å². The smallest absolute Gasteiger partial charge is 0.349 e. The highest BCUT2D eigenvalue weighted by atomic mass is 16.6. The van der Waals surface area contributed by atoms with Gasteiger partial charge in [-0.2, -0.15) is 0 Å². The van der Waals surface area contributed by atoms with Crippen molar-refractivity contribution in [3.63, 3.8) is 0 Å². The summed E-state index contributed by atoms with van der Waals surface area (Å²) in [5.74, 6) is -0.184. The van der Waals surface area contributed by atoms with Crippen LogP contribution in [-0.4, -0.2) is 41.6 Å². The highest BCUT2D eigenvalue weighted by Gasteiger charge is 2.37. The molecule has 0 aromatic heterocycles. The van der Waals surface area contributed by atoms with E-state index in [1.54, 1.807) is 45.0 Å². The third-order valence-corrected chi connectivity index (χ3v) is 5.33. The lowest BCUT2D eigenvalue weighted by molar-refractivity contribution is -0.158. The van der Waals surface area contributed by atoms with E-state index in [1.807, 2.05) is 26.0 Å². The van der Waals surface area contributed by atoms with Gasteiger partial charge in [-0.05, 0) is 63.4 Å². The number of ether oxygens (including phenoxy) is 2. The highest BCUT2D eigenvalue weighted by molar-refractivity contribution is 6.12. The number of hydrogen-bond donors (Lipinski definition) is 0. The van der Waals surface area contributed by atoms with Gasteiger partial charge in [0, 0.05) is 5.69 Å². The number of carbonyl (C=O) groups excluding carboxylic acids is 3. The van der Waals surface area contributed by atoms with Crippen LogP contribution in [-0.2, 0) is 20.9 Å². The Morgan fingerprint density at radius 1 is 1.12 bits per heavy atom. The summed E-state index contributed by atoms with van der Waals surface area (Å²) in [6.45, 7) is 16.1. The van der Waals surface area contributed by atoms with Gasteiger partial charge >= 0.3 is 12.0 Å². The van der Waals surface area contributed by atoms with Crippen LogP contribution >= 0.6 is 0 Å². The topological polar surface area (TPSA) is 80.5 Å². The third-order valence-electron chi connectivity index (χ3n) is 5.33. The standard InChI is InChI=1S/C25H27N3O5/c1-7-32-23(30)25(4,5)33-22-16(2)12-18(13-17(22)3)14-28-21(29)15-27(24(28)31)20-10-8-19(26-6)9-11-20/h8-13H,7,14-15H2,1-5H3. The van der Waals surface area contributed by atoms with E-state index >= 15 is 0 Å². The minimum atomic E-state index is -1.16. The summed E-state index contributed by atoms with van der Waals surface area (Å²) in [6, 6.07) is 9.84. The third kappa shape index (κ3) is 4.98. The molecule has 0 N–H and O–H groups in total. The molecule has 1 heterocycles. The number of urea groups is 1. The van der Waals surface area contributed by atoms with E-state index in [4.69, 9.17) is 16.0 Å². The largest absolute Gasteiger partial charge is 0.476 e. The van der Waals surface area contributed by atoms with E-state index in [0.29, 0.717) is 17.1 Å². The van der Waals surface area contributed by atoms with Crippen molar-refractivity contribution in [2.75, 3.05) is 18.1 Å². The Hall–Kier alpha value is -3.86. The van der Waals surface area contributed by atoms with E-state index in [1.165, 1.54) is 9.80 Å². The van der Waals surface area contributed by atoms with E-state index < -0.39 is 17.6 Å². The maximum absolute atomic E-state index is 12.9. The minimum absolute atomic E-state index is 0.0525. The summed E-state index contributed by atoms with van der Waals surface area (Å²) < 4.78 is 11.1. The molecule has 1 saturated heterocycles. The molecular formula is C25H27N3O5. The average molecular weight is 450 g/mol. The van der Waals surface area contributed by atoms with Gasteiger partial charge in [0.05, 0.1) is 19.7 Å². The summed E-state index contributed by atoms with van der Waals surface area (Å²) in [5.41, 5.74) is 2.23. The number of esters is 1. The molecule has 8 nitrogen and oxygen atoms in total. The van der Waals surface area contributed by atoms with Gasteiger partial charge in [0.2, 0.25) is 0 Å². The molecule has 8 heteroatoms. The Kier molecular flexibility index (Phi) is 6.73. The van der Waals surface area contributed by atoms with Crippen molar-refractivity contribution in [3.8, 4) is 5.75 Å². The first-order chi connectivity index (χ1) is 15.6. The van der Waals surface area contributed by atoms with Crippen LogP contribution in [0.3, 0.4) is 0 Å². The average Bonchev–Trinajstić information content (AvgIpc) is 3.05. The predicted octanol–water partition coefficient (Wildman–Crippen LogP) is 4.54. The molecule has 1 aliphatic heterocycles. The van der Waals surface area contributed by atoms with Crippen LogP contribution in [0.2, 0.25) is 0 Å². The molecule has 3 amide bonds. The van der Waals surface area contributed by atoms with Crippen LogP contribution in [0.5, 0.6) is 5.75 Å². The Morgan fingerprint density at radius 3 is 2.27 bits per heavy atom. The lowest BCUT2D eigenvalue weighted by Crippen LogP contribution is -2.40. The van der Waals surface area contributed by atoms with Gasteiger partial charge in [-0.15, -0.1) is 0 Å². The Bertz CT molecular complexity index is 1110. The first kappa shape index (κ1) is 23.8. The molecule has 0 saturated carbocycles. The maximum Gasteiger partial charge on any atom is 0.349 e. The maximum atomic E-state index is 12.9. The molecule has 0 atom stereocenters. The van der Waals surface area contributed by atoms with Crippen molar-refractivity contribution < 1.29 is 23.9 Å². The molecule has 0 unspecified atom stereocenters. The first-order valence-electron chi connectivity index (χ1n) is 10.6. The Balaban J connectivity index is 1.78. The normalized spacial score (nSPS) is 13.8. The molecule has 3 rings (SSSR count). The predicted molar refractivity (Wildman–Crippen MR) is 123 cm³/mol. The van der Waals surface area contributed by atoms with Crippen molar-refractivity contribution in [3.05, 3.63) is 64.5 Å². The monoisotopic (exact) mass is 449 g/mol.